The molecule has 24 heavy (non-hydrogen) atoms. The zero-order chi connectivity index (χ0) is 16.5. The summed E-state index contributed by atoms with van der Waals surface area (Å²) < 4.78 is 0. The minimum absolute atomic E-state index is 0.307. The van der Waals surface area contributed by atoms with Crippen LogP contribution in [0.15, 0.2) is 0 Å². The fourth-order valence-electron chi connectivity index (χ4n) is 4.65. The standard InChI is InChI=1S/C19H30N4O/c1-14-6-4-11-23(12-14)18(24)13-22-10-5-9-17(22)19-20-15-7-2-3-8-16(15)21-19/h14,17H,2-13H2,1H3,(H,20,21)/t14-,17-/m0/s1. The van der Waals surface area contributed by atoms with Gasteiger partial charge in [0.25, 0.3) is 0 Å². The van der Waals surface area contributed by atoms with E-state index in [1.165, 1.54) is 37.1 Å². The number of fused-ring (bicyclic) bond motifs is 1. The quantitative estimate of drug-likeness (QED) is 0.927. The molecule has 4 rings (SSSR count). The molecule has 5 heteroatoms. The molecular weight excluding hydrogens is 300 g/mol. The highest BCUT2D eigenvalue weighted by molar-refractivity contribution is 5.78. The van der Waals surface area contributed by atoms with E-state index in [9.17, 15) is 4.79 Å². The van der Waals surface area contributed by atoms with Crippen molar-refractivity contribution in [2.75, 3.05) is 26.2 Å². The van der Waals surface area contributed by atoms with E-state index in [-0.39, 0.29) is 0 Å². The van der Waals surface area contributed by atoms with Gasteiger partial charge >= 0.3 is 0 Å². The Kier molecular flexibility index (Phi) is 4.61. The molecule has 132 valence electrons. The number of hydrogen-bond donors (Lipinski definition) is 1. The Bertz CT molecular complexity index is 573. The third-order valence-corrected chi connectivity index (χ3v) is 6.00. The second-order valence-electron chi connectivity index (χ2n) is 7.97. The van der Waals surface area contributed by atoms with Gasteiger partial charge in [0.15, 0.2) is 0 Å². The lowest BCUT2D eigenvalue weighted by Gasteiger charge is -2.33. The van der Waals surface area contributed by atoms with Crippen LogP contribution in [0.4, 0.5) is 0 Å². The second-order valence-corrected chi connectivity index (χ2v) is 7.97. The normalized spacial score (nSPS) is 28.1. The molecular formula is C19H30N4O. The van der Waals surface area contributed by atoms with E-state index in [0.717, 1.165) is 51.1 Å². The molecule has 5 nitrogen and oxygen atoms in total. The lowest BCUT2D eigenvalue weighted by Crippen LogP contribution is -2.44. The van der Waals surface area contributed by atoms with Crippen LogP contribution in [0.2, 0.25) is 0 Å². The van der Waals surface area contributed by atoms with Crippen LogP contribution >= 0.6 is 0 Å². The molecule has 2 aliphatic heterocycles. The molecule has 0 bridgehead atoms. The van der Waals surface area contributed by atoms with Gasteiger partial charge < -0.3 is 9.88 Å². The number of carbonyl (C=O) groups is 1. The van der Waals surface area contributed by atoms with E-state index in [4.69, 9.17) is 4.98 Å². The number of nitrogens with one attached hydrogen (secondary N) is 1. The Labute approximate surface area is 144 Å². The molecule has 0 unspecified atom stereocenters. The van der Waals surface area contributed by atoms with Crippen LogP contribution in [0.1, 0.15) is 68.7 Å². The number of imidazole rings is 1. The fraction of sp³-hybridized carbons (Fsp3) is 0.789. The van der Waals surface area contributed by atoms with Gasteiger partial charge in [-0.05, 0) is 63.8 Å². The van der Waals surface area contributed by atoms with Crippen molar-refractivity contribution in [3.8, 4) is 0 Å². The molecule has 2 fully saturated rings. The average molecular weight is 330 g/mol. The summed E-state index contributed by atoms with van der Waals surface area (Å²) >= 11 is 0. The number of likely N-dealkylation sites (tertiary alicyclic amines) is 2. The summed E-state index contributed by atoms with van der Waals surface area (Å²) in [5, 5.41) is 0. The van der Waals surface area contributed by atoms with Crippen molar-refractivity contribution in [3.05, 3.63) is 17.2 Å². The smallest absolute Gasteiger partial charge is 0.236 e. The molecule has 0 saturated carbocycles. The first kappa shape index (κ1) is 16.1. The zero-order valence-electron chi connectivity index (χ0n) is 14.9. The van der Waals surface area contributed by atoms with Crippen LogP contribution in [0.25, 0.3) is 0 Å². The molecule has 1 aromatic rings. The fourth-order valence-corrected chi connectivity index (χ4v) is 4.65. The van der Waals surface area contributed by atoms with Gasteiger partial charge in [-0.2, -0.15) is 0 Å². The van der Waals surface area contributed by atoms with E-state index in [2.05, 4.69) is 21.7 Å². The van der Waals surface area contributed by atoms with E-state index >= 15 is 0 Å². The van der Waals surface area contributed by atoms with Crippen LogP contribution in [0.5, 0.6) is 0 Å². The van der Waals surface area contributed by atoms with Gasteiger partial charge in [-0.25, -0.2) is 4.98 Å². The highest BCUT2D eigenvalue weighted by Crippen LogP contribution is 2.32. The summed E-state index contributed by atoms with van der Waals surface area (Å²) in [4.78, 5) is 25.6. The Hall–Kier alpha value is -1.36. The van der Waals surface area contributed by atoms with Crippen LogP contribution in [-0.4, -0.2) is 51.9 Å². The van der Waals surface area contributed by atoms with Crippen molar-refractivity contribution >= 4 is 5.91 Å². The van der Waals surface area contributed by atoms with Gasteiger partial charge in [-0.15, -0.1) is 0 Å². The lowest BCUT2D eigenvalue weighted by atomic mass is 10.0. The summed E-state index contributed by atoms with van der Waals surface area (Å²) in [6.45, 7) is 5.71. The Morgan fingerprint density at radius 1 is 1.17 bits per heavy atom. The third-order valence-electron chi connectivity index (χ3n) is 6.00. The van der Waals surface area contributed by atoms with Crippen LogP contribution < -0.4 is 0 Å². The van der Waals surface area contributed by atoms with Crippen molar-refractivity contribution in [1.29, 1.82) is 0 Å². The summed E-state index contributed by atoms with van der Waals surface area (Å²) in [7, 11) is 0. The Balaban J connectivity index is 1.43. The number of nitrogens with zero attached hydrogens (tertiary/aromatic N) is 3. The van der Waals surface area contributed by atoms with Gasteiger partial charge in [-0.1, -0.05) is 6.92 Å². The van der Waals surface area contributed by atoms with Crippen LogP contribution in [-0.2, 0) is 17.6 Å². The second kappa shape index (κ2) is 6.87. The summed E-state index contributed by atoms with van der Waals surface area (Å²) in [6, 6.07) is 0.307. The first-order chi connectivity index (χ1) is 11.7. The predicted molar refractivity (Wildman–Crippen MR) is 93.8 cm³/mol. The first-order valence-electron chi connectivity index (χ1n) is 9.80. The van der Waals surface area contributed by atoms with Gasteiger partial charge in [0.1, 0.15) is 5.82 Å². The maximum absolute atomic E-state index is 12.7. The number of aromatic amines is 1. The first-order valence-corrected chi connectivity index (χ1v) is 9.80. The summed E-state index contributed by atoms with van der Waals surface area (Å²) in [6.07, 6.45) is 9.49. The van der Waals surface area contributed by atoms with Gasteiger partial charge in [0.2, 0.25) is 5.91 Å². The monoisotopic (exact) mass is 330 g/mol. The number of amides is 1. The van der Waals surface area contributed by atoms with Crippen molar-refractivity contribution < 1.29 is 4.79 Å². The van der Waals surface area contributed by atoms with Gasteiger partial charge in [0, 0.05) is 18.8 Å². The number of piperidine rings is 1. The van der Waals surface area contributed by atoms with Crippen molar-refractivity contribution in [2.45, 2.75) is 64.3 Å². The maximum atomic E-state index is 12.7. The Morgan fingerprint density at radius 3 is 2.83 bits per heavy atom. The molecule has 0 radical (unpaired) electrons. The van der Waals surface area contributed by atoms with Gasteiger partial charge in [0.05, 0.1) is 18.3 Å². The maximum Gasteiger partial charge on any atom is 0.236 e. The third kappa shape index (κ3) is 3.23. The molecule has 1 aromatic heterocycles. The van der Waals surface area contributed by atoms with E-state index in [1.54, 1.807) is 0 Å². The predicted octanol–water partition coefficient (Wildman–Crippen LogP) is 2.68. The highest BCUT2D eigenvalue weighted by Gasteiger charge is 2.32. The lowest BCUT2D eigenvalue weighted by molar-refractivity contribution is -0.134. The SMILES string of the molecule is C[C@H]1CCCN(C(=O)CN2CCC[C@H]2c2nc3c([nH]2)CCCC3)C1. The molecule has 3 aliphatic rings. The topological polar surface area (TPSA) is 52.2 Å². The minimum atomic E-state index is 0.307. The van der Waals surface area contributed by atoms with Crippen LogP contribution in [0, 0.1) is 5.92 Å². The zero-order valence-corrected chi connectivity index (χ0v) is 14.9. The van der Waals surface area contributed by atoms with Crippen LogP contribution in [0.3, 0.4) is 0 Å². The molecule has 2 saturated heterocycles. The molecule has 1 amide bonds. The summed E-state index contributed by atoms with van der Waals surface area (Å²) in [5.41, 5.74) is 2.62. The number of H-pyrrole nitrogens is 1. The summed E-state index contributed by atoms with van der Waals surface area (Å²) in [5.74, 6) is 2.07. The van der Waals surface area contributed by atoms with E-state index in [1.807, 2.05) is 0 Å². The Morgan fingerprint density at radius 2 is 2.00 bits per heavy atom. The minimum Gasteiger partial charge on any atom is -0.344 e. The van der Waals surface area contributed by atoms with Crippen molar-refractivity contribution in [3.63, 3.8) is 0 Å². The van der Waals surface area contributed by atoms with E-state index in [0.29, 0.717) is 24.4 Å². The molecule has 0 aromatic carbocycles. The number of carbonyl (C=O) groups excluding carboxylic acids is 1. The number of aromatic nitrogens is 2. The molecule has 0 spiro atoms. The molecule has 1 aliphatic carbocycles. The van der Waals surface area contributed by atoms with Gasteiger partial charge in [-0.3, -0.25) is 9.69 Å². The average Bonchev–Trinajstić information content (AvgIpc) is 3.20. The number of rotatable bonds is 3. The van der Waals surface area contributed by atoms with E-state index < -0.39 is 0 Å². The largest absolute Gasteiger partial charge is 0.344 e. The highest BCUT2D eigenvalue weighted by atomic mass is 16.2. The van der Waals surface area contributed by atoms with Crippen molar-refractivity contribution in [2.24, 2.45) is 5.92 Å². The number of hydrogen-bond acceptors (Lipinski definition) is 3. The molecule has 2 atom stereocenters. The van der Waals surface area contributed by atoms with Crippen molar-refractivity contribution in [1.82, 2.24) is 19.8 Å². The molecule has 3 heterocycles. The molecule has 1 N–H and O–H groups in total. The number of aryl methyl sites for hydroxylation is 2.